The molecule has 2 amide bonds. The minimum atomic E-state index is -3.00. The second-order valence-electron chi connectivity index (χ2n) is 6.57. The highest BCUT2D eigenvalue weighted by Crippen LogP contribution is 2.36. The molecule has 1 N–H and O–H groups in total. The van der Waals surface area contributed by atoms with E-state index in [4.69, 9.17) is 16.3 Å². The molecule has 1 aromatic heterocycles. The number of aromatic nitrogens is 1. The van der Waals surface area contributed by atoms with Gasteiger partial charge in [-0.1, -0.05) is 17.7 Å². The molecule has 29 heavy (non-hydrogen) atoms. The van der Waals surface area contributed by atoms with Crippen LogP contribution in [0.4, 0.5) is 14.6 Å². The second kappa shape index (κ2) is 8.39. The molecule has 3 rings (SSSR count). The fourth-order valence-corrected chi connectivity index (χ4v) is 3.47. The van der Waals surface area contributed by atoms with E-state index in [2.05, 4.69) is 10.3 Å². The monoisotopic (exact) mass is 535 g/mol. The van der Waals surface area contributed by atoms with Crippen LogP contribution in [0.3, 0.4) is 0 Å². The Morgan fingerprint density at radius 1 is 1.45 bits per heavy atom. The molecule has 0 bridgehead atoms. The molecule has 2 heterocycles. The summed E-state index contributed by atoms with van der Waals surface area (Å²) in [5.41, 5.74) is 1.85. The van der Waals surface area contributed by atoms with E-state index >= 15 is 0 Å². The first kappa shape index (κ1) is 21.7. The van der Waals surface area contributed by atoms with E-state index in [-0.39, 0.29) is 35.2 Å². The van der Waals surface area contributed by atoms with Gasteiger partial charge in [0.25, 0.3) is 5.91 Å². The zero-order chi connectivity index (χ0) is 21.3. The lowest BCUT2D eigenvalue weighted by Crippen LogP contribution is -2.27. The van der Waals surface area contributed by atoms with Gasteiger partial charge in [-0.05, 0) is 30.7 Å². The standard InChI is InChI=1S/C19H17ClF2IN3O3/c1-10(12-3-4-16(15(20)7-12)29-9-19(21,22)23)26-8-14-13(18(26)28)5-6-24-17(14)25-11(2)27/h3-7,10H,8-9H2,1-2H3,(H,24,25,27). The Bertz CT molecular complexity index is 968. The number of fused-ring (bicyclic) bond motifs is 1. The Labute approximate surface area is 184 Å². The van der Waals surface area contributed by atoms with Gasteiger partial charge >= 0.3 is 3.93 Å². The molecule has 154 valence electrons. The molecule has 0 radical (unpaired) electrons. The summed E-state index contributed by atoms with van der Waals surface area (Å²) in [7, 11) is 0. The van der Waals surface area contributed by atoms with Crippen LogP contribution in [-0.2, 0) is 11.3 Å². The molecule has 1 atom stereocenters. The Kier molecular flexibility index (Phi) is 6.27. The summed E-state index contributed by atoms with van der Waals surface area (Å²) >= 11 is 7.18. The van der Waals surface area contributed by atoms with E-state index in [9.17, 15) is 18.4 Å². The number of amides is 2. The van der Waals surface area contributed by atoms with E-state index in [0.717, 1.165) is 28.2 Å². The van der Waals surface area contributed by atoms with Gasteiger partial charge in [0.15, 0.2) is 6.61 Å². The van der Waals surface area contributed by atoms with Gasteiger partial charge in [-0.25, -0.2) is 4.98 Å². The number of anilines is 1. The van der Waals surface area contributed by atoms with E-state index < -0.39 is 10.5 Å². The number of alkyl halides is 3. The number of carbonyl (C=O) groups excluding carboxylic acids is 2. The van der Waals surface area contributed by atoms with Crippen molar-refractivity contribution in [2.45, 2.75) is 30.4 Å². The van der Waals surface area contributed by atoms with Crippen molar-refractivity contribution in [3.63, 3.8) is 0 Å². The number of hydrogen-bond donors (Lipinski definition) is 1. The summed E-state index contributed by atoms with van der Waals surface area (Å²) in [5.74, 6) is 0.0403. The Morgan fingerprint density at radius 2 is 2.17 bits per heavy atom. The first-order chi connectivity index (χ1) is 13.6. The fourth-order valence-electron chi connectivity index (χ4n) is 3.07. The minimum Gasteiger partial charge on any atom is -0.485 e. The van der Waals surface area contributed by atoms with Crippen LogP contribution < -0.4 is 10.1 Å². The predicted molar refractivity (Wildman–Crippen MR) is 113 cm³/mol. The summed E-state index contributed by atoms with van der Waals surface area (Å²) in [6.45, 7) is 2.69. The van der Waals surface area contributed by atoms with Crippen molar-refractivity contribution in [1.82, 2.24) is 9.88 Å². The van der Waals surface area contributed by atoms with Gasteiger partial charge in [0.1, 0.15) is 11.6 Å². The van der Waals surface area contributed by atoms with Gasteiger partial charge < -0.3 is 15.0 Å². The Hall–Kier alpha value is -2.01. The highest BCUT2D eigenvalue weighted by Gasteiger charge is 2.34. The molecule has 10 heteroatoms. The summed E-state index contributed by atoms with van der Waals surface area (Å²) < 4.78 is 28.0. The fraction of sp³-hybridized carbons (Fsp3) is 0.316. The van der Waals surface area contributed by atoms with Crippen LogP contribution in [0.1, 0.15) is 41.4 Å². The van der Waals surface area contributed by atoms with Crippen molar-refractivity contribution in [2.75, 3.05) is 11.9 Å². The first-order valence-corrected chi connectivity index (χ1v) is 10.1. The van der Waals surface area contributed by atoms with Crippen molar-refractivity contribution >= 4 is 51.8 Å². The SMILES string of the molecule is CC(=O)Nc1nccc2c1CN(C(C)c1ccc(OCC(F)(F)I)c(Cl)c1)C2=O. The number of halogens is 4. The maximum atomic E-state index is 13.0. The van der Waals surface area contributed by atoms with Crippen LogP contribution in [0.2, 0.25) is 5.02 Å². The third kappa shape index (κ3) is 4.95. The zero-order valence-electron chi connectivity index (χ0n) is 15.5. The van der Waals surface area contributed by atoms with Crippen LogP contribution in [-0.4, -0.2) is 32.2 Å². The van der Waals surface area contributed by atoms with Crippen molar-refractivity contribution in [2.24, 2.45) is 0 Å². The predicted octanol–water partition coefficient (Wildman–Crippen LogP) is 4.82. The van der Waals surface area contributed by atoms with Crippen LogP contribution in [0.15, 0.2) is 30.5 Å². The average molecular weight is 536 g/mol. The summed E-state index contributed by atoms with van der Waals surface area (Å²) in [5, 5.41) is 2.82. The Morgan fingerprint density at radius 3 is 2.79 bits per heavy atom. The smallest absolute Gasteiger partial charge is 0.329 e. The quantitative estimate of drug-likeness (QED) is 0.425. The number of benzene rings is 1. The number of carbonyl (C=O) groups is 2. The third-order valence-electron chi connectivity index (χ3n) is 4.47. The summed E-state index contributed by atoms with van der Waals surface area (Å²) in [4.78, 5) is 30.0. The molecule has 0 aliphatic carbocycles. The second-order valence-corrected chi connectivity index (χ2v) is 8.56. The summed E-state index contributed by atoms with van der Waals surface area (Å²) in [6.07, 6.45) is 1.47. The highest BCUT2D eigenvalue weighted by molar-refractivity contribution is 14.1. The molecule has 2 aromatic rings. The lowest BCUT2D eigenvalue weighted by molar-refractivity contribution is -0.114. The molecular weight excluding hydrogens is 519 g/mol. The van der Waals surface area contributed by atoms with E-state index in [1.165, 1.54) is 19.2 Å². The molecule has 1 aliphatic rings. The number of rotatable bonds is 6. The van der Waals surface area contributed by atoms with Crippen molar-refractivity contribution in [3.05, 3.63) is 52.2 Å². The van der Waals surface area contributed by atoms with Crippen LogP contribution in [0, 0.1) is 0 Å². The molecule has 0 fully saturated rings. The molecular formula is C19H17ClF2IN3O3. The lowest BCUT2D eigenvalue weighted by atomic mass is 10.1. The molecule has 0 saturated carbocycles. The molecule has 0 saturated heterocycles. The van der Waals surface area contributed by atoms with E-state index in [1.807, 2.05) is 6.92 Å². The van der Waals surface area contributed by atoms with Crippen molar-refractivity contribution in [1.29, 1.82) is 0 Å². The maximum absolute atomic E-state index is 13.0. The molecule has 1 aromatic carbocycles. The third-order valence-corrected chi connectivity index (χ3v) is 5.07. The van der Waals surface area contributed by atoms with Gasteiger partial charge in [-0.3, -0.25) is 9.59 Å². The summed E-state index contributed by atoms with van der Waals surface area (Å²) in [6, 6.07) is 6.05. The van der Waals surface area contributed by atoms with E-state index in [0.29, 0.717) is 16.9 Å². The molecule has 1 unspecified atom stereocenters. The van der Waals surface area contributed by atoms with Crippen molar-refractivity contribution in [3.8, 4) is 5.75 Å². The normalized spacial score (nSPS) is 14.6. The Balaban J connectivity index is 1.80. The van der Waals surface area contributed by atoms with Gasteiger partial charge in [0.05, 0.1) is 17.6 Å². The van der Waals surface area contributed by atoms with Gasteiger partial charge in [0, 0.05) is 46.8 Å². The number of ether oxygens (including phenoxy) is 1. The average Bonchev–Trinajstić information content (AvgIpc) is 2.97. The largest absolute Gasteiger partial charge is 0.485 e. The van der Waals surface area contributed by atoms with Gasteiger partial charge in [-0.2, -0.15) is 8.78 Å². The number of nitrogens with zero attached hydrogens (tertiary/aromatic N) is 2. The number of nitrogens with one attached hydrogen (secondary N) is 1. The zero-order valence-corrected chi connectivity index (χ0v) is 18.4. The van der Waals surface area contributed by atoms with Gasteiger partial charge in [0.2, 0.25) is 5.91 Å². The van der Waals surface area contributed by atoms with Crippen LogP contribution in [0.5, 0.6) is 5.75 Å². The van der Waals surface area contributed by atoms with E-state index in [1.54, 1.807) is 23.1 Å². The van der Waals surface area contributed by atoms with Crippen LogP contribution >= 0.6 is 34.2 Å². The lowest BCUT2D eigenvalue weighted by Gasteiger charge is -2.25. The van der Waals surface area contributed by atoms with Gasteiger partial charge in [-0.15, -0.1) is 0 Å². The number of pyridine rings is 1. The van der Waals surface area contributed by atoms with Crippen molar-refractivity contribution < 1.29 is 23.1 Å². The van der Waals surface area contributed by atoms with Crippen LogP contribution in [0.25, 0.3) is 0 Å². The minimum absolute atomic E-state index is 0.145. The molecule has 0 spiro atoms. The topological polar surface area (TPSA) is 71.5 Å². The maximum Gasteiger partial charge on any atom is 0.329 e. The molecule has 6 nitrogen and oxygen atoms in total. The number of hydrogen-bond acceptors (Lipinski definition) is 4. The highest BCUT2D eigenvalue weighted by atomic mass is 127. The first-order valence-electron chi connectivity index (χ1n) is 8.62. The molecule has 1 aliphatic heterocycles.